The lowest BCUT2D eigenvalue weighted by molar-refractivity contribution is -0.383. The van der Waals surface area contributed by atoms with Crippen LogP contribution in [0.15, 0.2) is 12.1 Å². The number of piperidine rings is 1. The van der Waals surface area contributed by atoms with Crippen molar-refractivity contribution in [2.45, 2.75) is 13.3 Å². The molecule has 0 radical (unpaired) electrons. The number of hydrogen-bond acceptors (Lipinski definition) is 7. The third-order valence-electron chi connectivity index (χ3n) is 4.29. The van der Waals surface area contributed by atoms with Crippen LogP contribution in [0.3, 0.4) is 0 Å². The molecule has 1 fully saturated rings. The van der Waals surface area contributed by atoms with Crippen LogP contribution in [0.5, 0.6) is 0 Å². The van der Waals surface area contributed by atoms with Gasteiger partial charge in [-0.25, -0.2) is 0 Å². The molecule has 1 amide bonds. The number of aromatic nitrogens is 2. The average Bonchev–Trinajstić information content (AvgIpc) is 3.00. The van der Waals surface area contributed by atoms with E-state index in [1.165, 1.54) is 17.0 Å². The summed E-state index contributed by atoms with van der Waals surface area (Å²) in [7, 11) is 0. The van der Waals surface area contributed by atoms with Crippen molar-refractivity contribution in [2.75, 3.05) is 13.1 Å². The van der Waals surface area contributed by atoms with Gasteiger partial charge in [0, 0.05) is 24.7 Å². The second-order valence-electron chi connectivity index (χ2n) is 5.85. The molecule has 1 aliphatic heterocycles. The fraction of sp³-hybridized carbons (Fsp3) is 0.429. The Morgan fingerprint density at radius 3 is 2.79 bits per heavy atom. The summed E-state index contributed by atoms with van der Waals surface area (Å²) < 4.78 is 7.87. The molecule has 0 saturated carbocycles. The molecule has 9 nitrogen and oxygen atoms in total. The standard InChI is InChI=1S/C14H14N4O5S/c1-7-6-17(3-2-9(7)14(20)21)13(19)8-4-10-12(16-24-15-10)11(5-8)18(22)23/h4-5,7,9H,2-3,6H2,1H3,(H,20,21). The van der Waals surface area contributed by atoms with E-state index in [0.29, 0.717) is 25.0 Å². The largest absolute Gasteiger partial charge is 0.481 e. The number of nitro groups is 1. The molecule has 0 aliphatic carbocycles. The molecule has 24 heavy (non-hydrogen) atoms. The molecule has 1 N–H and O–H groups in total. The number of carbonyl (C=O) groups excluding carboxylic acids is 1. The van der Waals surface area contributed by atoms with Crippen molar-refractivity contribution >= 4 is 40.3 Å². The number of nitro benzene ring substituents is 1. The molecule has 2 atom stereocenters. The predicted octanol–water partition coefficient (Wildman–Crippen LogP) is 1.78. The van der Waals surface area contributed by atoms with Crippen LogP contribution >= 0.6 is 11.7 Å². The summed E-state index contributed by atoms with van der Waals surface area (Å²) in [5.41, 5.74) is 0.395. The van der Waals surface area contributed by atoms with Gasteiger partial charge < -0.3 is 10.0 Å². The Morgan fingerprint density at radius 1 is 1.42 bits per heavy atom. The number of benzene rings is 1. The molecule has 126 valence electrons. The van der Waals surface area contributed by atoms with Crippen LogP contribution in [0.1, 0.15) is 23.7 Å². The van der Waals surface area contributed by atoms with E-state index in [4.69, 9.17) is 5.11 Å². The third-order valence-corrected chi connectivity index (χ3v) is 4.84. The Labute approximate surface area is 140 Å². The van der Waals surface area contributed by atoms with E-state index in [1.54, 1.807) is 6.92 Å². The fourth-order valence-corrected chi connectivity index (χ4v) is 3.55. The van der Waals surface area contributed by atoms with Crippen LogP contribution in [0.4, 0.5) is 5.69 Å². The highest BCUT2D eigenvalue weighted by molar-refractivity contribution is 7.00. The zero-order valence-corrected chi connectivity index (χ0v) is 13.5. The van der Waals surface area contributed by atoms with Crippen molar-refractivity contribution < 1.29 is 19.6 Å². The first-order valence-electron chi connectivity index (χ1n) is 7.31. The van der Waals surface area contributed by atoms with Gasteiger partial charge in [-0.2, -0.15) is 8.75 Å². The number of likely N-dealkylation sites (tertiary alicyclic amines) is 1. The van der Waals surface area contributed by atoms with Crippen LogP contribution < -0.4 is 0 Å². The van der Waals surface area contributed by atoms with Crippen molar-refractivity contribution in [1.82, 2.24) is 13.6 Å². The number of carboxylic acid groups (broad SMARTS) is 1. The maximum atomic E-state index is 12.7. The number of non-ortho nitro benzene ring substituents is 1. The number of carboxylic acids is 1. The topological polar surface area (TPSA) is 127 Å². The summed E-state index contributed by atoms with van der Waals surface area (Å²) in [4.78, 5) is 36.0. The number of aliphatic carboxylic acids is 1. The number of rotatable bonds is 3. The van der Waals surface area contributed by atoms with Crippen molar-refractivity contribution in [3.63, 3.8) is 0 Å². The van der Waals surface area contributed by atoms with Crippen LogP contribution in [-0.2, 0) is 4.79 Å². The van der Waals surface area contributed by atoms with Gasteiger partial charge in [-0.1, -0.05) is 6.92 Å². The highest BCUT2D eigenvalue weighted by Crippen LogP contribution is 2.29. The molecule has 3 rings (SSSR count). The molecule has 2 heterocycles. The summed E-state index contributed by atoms with van der Waals surface area (Å²) >= 11 is 0.850. The second kappa shape index (κ2) is 6.11. The first kappa shape index (κ1) is 16.2. The fourth-order valence-electron chi connectivity index (χ4n) is 3.01. The quantitative estimate of drug-likeness (QED) is 0.660. The van der Waals surface area contributed by atoms with Gasteiger partial charge in [-0.3, -0.25) is 19.7 Å². The molecule has 0 bridgehead atoms. The monoisotopic (exact) mass is 350 g/mol. The lowest BCUT2D eigenvalue weighted by Crippen LogP contribution is -2.45. The van der Waals surface area contributed by atoms with Crippen molar-refractivity contribution in [3.05, 3.63) is 27.8 Å². The van der Waals surface area contributed by atoms with Crippen molar-refractivity contribution in [1.29, 1.82) is 0 Å². The Kier molecular flexibility index (Phi) is 4.14. The zero-order chi connectivity index (χ0) is 17.4. The van der Waals surface area contributed by atoms with Crippen molar-refractivity contribution in [2.24, 2.45) is 11.8 Å². The average molecular weight is 350 g/mol. The van der Waals surface area contributed by atoms with E-state index in [9.17, 15) is 19.7 Å². The Hall–Kier alpha value is -2.62. The minimum Gasteiger partial charge on any atom is -0.481 e. The first-order valence-corrected chi connectivity index (χ1v) is 8.04. The highest BCUT2D eigenvalue weighted by Gasteiger charge is 2.34. The molecule has 1 aromatic carbocycles. The molecule has 1 aliphatic rings. The molecule has 2 unspecified atom stereocenters. The molecule has 1 aromatic heterocycles. The van der Waals surface area contributed by atoms with Gasteiger partial charge in [0.1, 0.15) is 5.52 Å². The Bertz CT molecular complexity index is 836. The van der Waals surface area contributed by atoms with Gasteiger partial charge in [0.05, 0.1) is 22.6 Å². The minimum atomic E-state index is -0.861. The summed E-state index contributed by atoms with van der Waals surface area (Å²) in [6.07, 6.45) is 0.366. The van der Waals surface area contributed by atoms with Gasteiger partial charge in [0.15, 0.2) is 5.52 Å². The Balaban J connectivity index is 1.89. The summed E-state index contributed by atoms with van der Waals surface area (Å²) in [5.74, 6) is -1.88. The molecule has 0 spiro atoms. The van der Waals surface area contributed by atoms with E-state index in [1.807, 2.05) is 0 Å². The highest BCUT2D eigenvalue weighted by atomic mass is 32.1. The van der Waals surface area contributed by atoms with Crippen LogP contribution in [0, 0.1) is 22.0 Å². The van der Waals surface area contributed by atoms with E-state index in [0.717, 1.165) is 11.7 Å². The second-order valence-corrected chi connectivity index (χ2v) is 6.37. The van der Waals surface area contributed by atoms with Gasteiger partial charge in [0.25, 0.3) is 11.6 Å². The van der Waals surface area contributed by atoms with E-state index >= 15 is 0 Å². The number of amides is 1. The minimum absolute atomic E-state index is 0.166. The summed E-state index contributed by atoms with van der Waals surface area (Å²) in [6, 6.07) is 2.70. The molecule has 2 aromatic rings. The number of hydrogen-bond donors (Lipinski definition) is 1. The van der Waals surface area contributed by atoms with Crippen LogP contribution in [0.2, 0.25) is 0 Å². The van der Waals surface area contributed by atoms with Gasteiger partial charge in [0.2, 0.25) is 0 Å². The maximum Gasteiger partial charge on any atom is 0.306 e. The van der Waals surface area contributed by atoms with E-state index in [-0.39, 0.29) is 28.6 Å². The Morgan fingerprint density at radius 2 is 2.17 bits per heavy atom. The van der Waals surface area contributed by atoms with Gasteiger partial charge in [-0.15, -0.1) is 0 Å². The van der Waals surface area contributed by atoms with Gasteiger partial charge >= 0.3 is 5.97 Å². The smallest absolute Gasteiger partial charge is 0.306 e. The summed E-state index contributed by atoms with van der Waals surface area (Å²) in [6.45, 7) is 2.40. The van der Waals surface area contributed by atoms with Gasteiger partial charge in [-0.05, 0) is 18.4 Å². The lowest BCUT2D eigenvalue weighted by atomic mass is 9.87. The molecular formula is C14H14N4O5S. The number of nitrogens with zero attached hydrogens (tertiary/aromatic N) is 4. The van der Waals surface area contributed by atoms with Crippen LogP contribution in [-0.4, -0.2) is 48.6 Å². The predicted molar refractivity (Wildman–Crippen MR) is 84.9 cm³/mol. The molecular weight excluding hydrogens is 336 g/mol. The maximum absolute atomic E-state index is 12.7. The SMILES string of the molecule is CC1CN(C(=O)c2cc([N+](=O)[O-])c3nsnc3c2)CCC1C(=O)O. The lowest BCUT2D eigenvalue weighted by Gasteiger charge is -2.34. The first-order chi connectivity index (χ1) is 11.4. The third kappa shape index (κ3) is 2.80. The molecule has 1 saturated heterocycles. The van der Waals surface area contributed by atoms with Crippen molar-refractivity contribution in [3.8, 4) is 0 Å². The van der Waals surface area contributed by atoms with E-state index < -0.39 is 16.8 Å². The summed E-state index contributed by atoms with van der Waals surface area (Å²) in [5, 5.41) is 20.3. The normalized spacial score (nSPS) is 21.0. The molecule has 10 heteroatoms. The van der Waals surface area contributed by atoms with E-state index in [2.05, 4.69) is 8.75 Å². The number of carbonyl (C=O) groups is 2. The number of fused-ring (bicyclic) bond motifs is 1. The zero-order valence-electron chi connectivity index (χ0n) is 12.7. The van der Waals surface area contributed by atoms with Crippen LogP contribution in [0.25, 0.3) is 11.0 Å².